The fourth-order valence-corrected chi connectivity index (χ4v) is 3.37. The molecule has 1 aromatic carbocycles. The van der Waals surface area contributed by atoms with Crippen molar-refractivity contribution >= 4 is 27.3 Å². The van der Waals surface area contributed by atoms with Crippen molar-refractivity contribution in [3.8, 4) is 0 Å². The lowest BCUT2D eigenvalue weighted by molar-refractivity contribution is 0.598. The number of rotatable bonds is 4. The Morgan fingerprint density at radius 3 is 2.78 bits per heavy atom. The molecule has 18 heavy (non-hydrogen) atoms. The van der Waals surface area contributed by atoms with Gasteiger partial charge < -0.3 is 4.90 Å². The van der Waals surface area contributed by atoms with Crippen molar-refractivity contribution in [3.63, 3.8) is 0 Å². The highest BCUT2D eigenvalue weighted by Crippen LogP contribution is 2.34. The first kappa shape index (κ1) is 13.6. The summed E-state index contributed by atoms with van der Waals surface area (Å²) in [6.45, 7) is 4.04. The molecule has 1 aliphatic heterocycles. The van der Waals surface area contributed by atoms with E-state index in [4.69, 9.17) is 16.7 Å². The van der Waals surface area contributed by atoms with Crippen LogP contribution in [-0.2, 0) is 16.4 Å². The van der Waals surface area contributed by atoms with Crippen molar-refractivity contribution in [1.29, 1.82) is 0 Å². The molecule has 0 amide bonds. The Kier molecular flexibility index (Phi) is 3.84. The lowest BCUT2D eigenvalue weighted by Gasteiger charge is -2.19. The second-order valence-corrected chi connectivity index (χ2v) is 6.48. The number of fused-ring (bicyclic) bond motifs is 1. The molecular formula is C12H17ClN2O2S. The van der Waals surface area contributed by atoms with Gasteiger partial charge in [-0.2, -0.15) is 0 Å². The standard InChI is InChI=1S/C12H17ClN2O2S/c1-2-3-5-15-6-4-9-7-12(18(14,16)17)10(13)8-11(9)15/h7-8H,2-6H2,1H3,(H2,14,16,17). The Morgan fingerprint density at radius 2 is 2.17 bits per heavy atom. The Hall–Kier alpha value is -0.780. The van der Waals surface area contributed by atoms with Gasteiger partial charge in [0.15, 0.2) is 0 Å². The normalized spacial score (nSPS) is 14.9. The van der Waals surface area contributed by atoms with E-state index >= 15 is 0 Å². The van der Waals surface area contributed by atoms with Gasteiger partial charge in [0, 0.05) is 18.8 Å². The molecule has 1 aromatic rings. The first-order chi connectivity index (χ1) is 8.43. The largest absolute Gasteiger partial charge is 0.371 e. The Labute approximate surface area is 113 Å². The van der Waals surface area contributed by atoms with Crippen LogP contribution in [0.3, 0.4) is 0 Å². The lowest BCUT2D eigenvalue weighted by Crippen LogP contribution is -2.21. The van der Waals surface area contributed by atoms with Gasteiger partial charge in [-0.15, -0.1) is 0 Å². The first-order valence-corrected chi connectivity index (χ1v) is 7.96. The van der Waals surface area contributed by atoms with Gasteiger partial charge in [0.2, 0.25) is 10.0 Å². The minimum Gasteiger partial charge on any atom is -0.371 e. The summed E-state index contributed by atoms with van der Waals surface area (Å²) < 4.78 is 22.8. The summed E-state index contributed by atoms with van der Waals surface area (Å²) in [6.07, 6.45) is 3.10. The third-order valence-electron chi connectivity index (χ3n) is 3.21. The first-order valence-electron chi connectivity index (χ1n) is 6.03. The summed E-state index contributed by atoms with van der Waals surface area (Å²) in [7, 11) is -3.74. The van der Waals surface area contributed by atoms with Crippen molar-refractivity contribution < 1.29 is 8.42 Å². The van der Waals surface area contributed by atoms with Crippen LogP contribution in [0.1, 0.15) is 25.3 Å². The van der Waals surface area contributed by atoms with Gasteiger partial charge in [0.05, 0.1) is 5.02 Å². The van der Waals surface area contributed by atoms with Crippen LogP contribution in [0.15, 0.2) is 17.0 Å². The third kappa shape index (κ3) is 2.63. The van der Waals surface area contributed by atoms with Gasteiger partial charge in [-0.1, -0.05) is 24.9 Å². The van der Waals surface area contributed by atoms with E-state index < -0.39 is 10.0 Å². The maximum atomic E-state index is 11.4. The summed E-state index contributed by atoms with van der Waals surface area (Å²) in [5, 5.41) is 5.35. The molecule has 2 N–H and O–H groups in total. The Morgan fingerprint density at radius 1 is 1.44 bits per heavy atom. The molecule has 0 aromatic heterocycles. The van der Waals surface area contributed by atoms with Gasteiger partial charge in [-0.05, 0) is 30.5 Å². The zero-order valence-corrected chi connectivity index (χ0v) is 11.9. The highest BCUT2D eigenvalue weighted by molar-refractivity contribution is 7.89. The van der Waals surface area contributed by atoms with Crippen LogP contribution in [-0.4, -0.2) is 21.5 Å². The van der Waals surface area contributed by atoms with Crippen molar-refractivity contribution in [1.82, 2.24) is 0 Å². The van der Waals surface area contributed by atoms with Crippen LogP contribution in [0.2, 0.25) is 5.02 Å². The molecule has 0 bridgehead atoms. The van der Waals surface area contributed by atoms with E-state index in [0.29, 0.717) is 0 Å². The third-order valence-corrected chi connectivity index (χ3v) is 4.59. The maximum Gasteiger partial charge on any atom is 0.239 e. The number of nitrogens with two attached hydrogens (primary N) is 1. The molecule has 0 spiro atoms. The smallest absolute Gasteiger partial charge is 0.239 e. The van der Waals surface area contributed by atoms with Crippen LogP contribution in [0.5, 0.6) is 0 Å². The van der Waals surface area contributed by atoms with Crippen molar-refractivity contribution in [2.75, 3.05) is 18.0 Å². The highest BCUT2D eigenvalue weighted by Gasteiger charge is 2.23. The molecule has 2 rings (SSSR count). The number of hydrogen-bond donors (Lipinski definition) is 1. The van der Waals surface area contributed by atoms with Crippen LogP contribution in [0.25, 0.3) is 0 Å². The Balaban J connectivity index is 2.37. The molecule has 0 unspecified atom stereocenters. The molecule has 4 nitrogen and oxygen atoms in total. The van der Waals surface area contributed by atoms with Gasteiger partial charge >= 0.3 is 0 Å². The molecular weight excluding hydrogens is 272 g/mol. The van der Waals surface area contributed by atoms with Gasteiger partial charge in [0.1, 0.15) is 4.90 Å². The number of nitrogens with zero attached hydrogens (tertiary/aromatic N) is 1. The predicted molar refractivity (Wildman–Crippen MR) is 73.7 cm³/mol. The Bertz CT molecular complexity index is 557. The van der Waals surface area contributed by atoms with Crippen molar-refractivity contribution in [2.24, 2.45) is 5.14 Å². The number of anilines is 1. The summed E-state index contributed by atoms with van der Waals surface area (Å²) in [5.41, 5.74) is 2.06. The molecule has 0 aliphatic carbocycles. The number of benzene rings is 1. The number of primary sulfonamides is 1. The van der Waals surface area contributed by atoms with Crippen LogP contribution in [0, 0.1) is 0 Å². The quantitative estimate of drug-likeness (QED) is 0.923. The number of sulfonamides is 1. The van der Waals surface area contributed by atoms with Crippen molar-refractivity contribution in [3.05, 3.63) is 22.7 Å². The molecule has 6 heteroatoms. The summed E-state index contributed by atoms with van der Waals surface area (Å²) >= 11 is 6.01. The molecule has 100 valence electrons. The fourth-order valence-electron chi connectivity index (χ4n) is 2.25. The summed E-state index contributed by atoms with van der Waals surface area (Å²) in [5.74, 6) is 0. The van der Waals surface area contributed by atoms with E-state index in [-0.39, 0.29) is 9.92 Å². The van der Waals surface area contributed by atoms with Gasteiger partial charge in [-0.3, -0.25) is 0 Å². The summed E-state index contributed by atoms with van der Waals surface area (Å²) in [6, 6.07) is 3.33. The predicted octanol–water partition coefficient (Wildman–Crippen LogP) is 2.15. The van der Waals surface area contributed by atoms with E-state index in [1.165, 1.54) is 0 Å². The number of unbranched alkanes of at least 4 members (excludes halogenated alkanes) is 1. The second kappa shape index (κ2) is 5.07. The second-order valence-electron chi connectivity index (χ2n) is 4.55. The average molecular weight is 289 g/mol. The van der Waals surface area contributed by atoms with E-state index in [0.717, 1.165) is 43.6 Å². The SMILES string of the molecule is CCCCN1CCc2cc(S(N)(=O)=O)c(Cl)cc21. The minimum atomic E-state index is -3.74. The average Bonchev–Trinajstić information content (AvgIpc) is 2.66. The molecule has 0 fully saturated rings. The van der Waals surface area contributed by atoms with E-state index in [9.17, 15) is 8.42 Å². The van der Waals surface area contributed by atoms with Gasteiger partial charge in [0.25, 0.3) is 0 Å². The lowest BCUT2D eigenvalue weighted by atomic mass is 10.2. The molecule has 0 atom stereocenters. The van der Waals surface area contributed by atoms with E-state index in [1.807, 2.05) is 0 Å². The zero-order chi connectivity index (χ0) is 13.3. The zero-order valence-electron chi connectivity index (χ0n) is 10.3. The van der Waals surface area contributed by atoms with Crippen LogP contribution >= 0.6 is 11.6 Å². The number of hydrogen-bond acceptors (Lipinski definition) is 3. The molecule has 1 aliphatic rings. The van der Waals surface area contributed by atoms with E-state index in [1.54, 1.807) is 12.1 Å². The monoisotopic (exact) mass is 288 g/mol. The minimum absolute atomic E-state index is 0.0280. The van der Waals surface area contributed by atoms with Crippen LogP contribution < -0.4 is 10.0 Å². The molecule has 1 heterocycles. The number of halogens is 1. The molecule has 0 saturated carbocycles. The highest BCUT2D eigenvalue weighted by atomic mass is 35.5. The molecule has 0 saturated heterocycles. The topological polar surface area (TPSA) is 63.4 Å². The maximum absolute atomic E-state index is 11.4. The molecule has 0 radical (unpaired) electrons. The van der Waals surface area contributed by atoms with E-state index in [2.05, 4.69) is 11.8 Å². The summed E-state index contributed by atoms with van der Waals surface area (Å²) in [4.78, 5) is 2.28. The van der Waals surface area contributed by atoms with Gasteiger partial charge in [-0.25, -0.2) is 13.6 Å². The van der Waals surface area contributed by atoms with Crippen LogP contribution in [0.4, 0.5) is 5.69 Å². The van der Waals surface area contributed by atoms with Crippen molar-refractivity contribution in [2.45, 2.75) is 31.1 Å². The fraction of sp³-hybridized carbons (Fsp3) is 0.500.